The first kappa shape index (κ1) is 16.4. The second-order valence-electron chi connectivity index (χ2n) is 5.30. The van der Waals surface area contributed by atoms with Crippen molar-refractivity contribution in [1.82, 2.24) is 0 Å². The van der Waals surface area contributed by atoms with Crippen molar-refractivity contribution in [3.63, 3.8) is 0 Å². The summed E-state index contributed by atoms with van der Waals surface area (Å²) in [5, 5.41) is 0.605. The van der Waals surface area contributed by atoms with E-state index in [-0.39, 0.29) is 0 Å². The van der Waals surface area contributed by atoms with E-state index >= 15 is 0 Å². The summed E-state index contributed by atoms with van der Waals surface area (Å²) in [5.74, 6) is 0.617. The lowest BCUT2D eigenvalue weighted by atomic mass is 10.0. The minimum absolute atomic E-state index is 0.446. The van der Waals surface area contributed by atoms with Gasteiger partial charge in [-0.25, -0.2) is 4.79 Å². The van der Waals surface area contributed by atoms with Crippen LogP contribution in [0.4, 0.5) is 0 Å². The second-order valence-corrected chi connectivity index (χ2v) is 5.73. The van der Waals surface area contributed by atoms with Gasteiger partial charge in [0.15, 0.2) is 0 Å². The number of hydrogen-bond acceptors (Lipinski definition) is 3. The Labute approximate surface area is 135 Å². The van der Waals surface area contributed by atoms with Crippen molar-refractivity contribution in [1.29, 1.82) is 0 Å². The van der Waals surface area contributed by atoms with Crippen LogP contribution in [0.3, 0.4) is 0 Å². The molecule has 0 heterocycles. The number of carbonyl (C=O) groups excluding carboxylic acids is 1. The summed E-state index contributed by atoms with van der Waals surface area (Å²) >= 11 is 5.88. The SMILES string of the molecule is COC(=O)[C@@H](Oc1ccc(C(C)C)cc1)c1ccc(Cl)cc1. The number of ether oxygens (including phenoxy) is 2. The molecule has 116 valence electrons. The van der Waals surface area contributed by atoms with Gasteiger partial charge in [0.05, 0.1) is 7.11 Å². The predicted octanol–water partition coefficient (Wildman–Crippen LogP) is 4.76. The van der Waals surface area contributed by atoms with Crippen molar-refractivity contribution < 1.29 is 14.3 Å². The molecule has 0 aliphatic heterocycles. The number of esters is 1. The smallest absolute Gasteiger partial charge is 0.351 e. The van der Waals surface area contributed by atoms with Gasteiger partial charge in [-0.15, -0.1) is 0 Å². The highest BCUT2D eigenvalue weighted by Gasteiger charge is 2.23. The molecule has 0 N–H and O–H groups in total. The highest BCUT2D eigenvalue weighted by atomic mass is 35.5. The average molecular weight is 319 g/mol. The number of methoxy groups -OCH3 is 1. The van der Waals surface area contributed by atoms with Crippen LogP contribution in [0.15, 0.2) is 48.5 Å². The minimum Gasteiger partial charge on any atom is -0.474 e. The first-order valence-corrected chi connectivity index (χ1v) is 7.49. The van der Waals surface area contributed by atoms with Crippen LogP contribution >= 0.6 is 11.6 Å². The third-order valence-corrected chi connectivity index (χ3v) is 3.64. The molecule has 2 aromatic rings. The number of hydrogen-bond donors (Lipinski definition) is 0. The molecule has 1 atom stereocenters. The van der Waals surface area contributed by atoms with E-state index in [0.717, 1.165) is 0 Å². The lowest BCUT2D eigenvalue weighted by Crippen LogP contribution is -2.20. The second kappa shape index (κ2) is 7.32. The highest BCUT2D eigenvalue weighted by molar-refractivity contribution is 6.30. The van der Waals surface area contributed by atoms with Crippen molar-refractivity contribution in [3.8, 4) is 5.75 Å². The van der Waals surface area contributed by atoms with E-state index < -0.39 is 12.1 Å². The van der Waals surface area contributed by atoms with E-state index in [1.807, 2.05) is 24.3 Å². The van der Waals surface area contributed by atoms with E-state index in [2.05, 4.69) is 13.8 Å². The predicted molar refractivity (Wildman–Crippen MR) is 87.4 cm³/mol. The molecule has 0 saturated carbocycles. The largest absolute Gasteiger partial charge is 0.474 e. The maximum atomic E-state index is 12.0. The minimum atomic E-state index is -0.813. The molecule has 0 unspecified atom stereocenters. The number of halogens is 1. The van der Waals surface area contributed by atoms with Gasteiger partial charge in [-0.05, 0) is 35.7 Å². The zero-order chi connectivity index (χ0) is 16.1. The first-order chi connectivity index (χ1) is 10.5. The summed E-state index contributed by atoms with van der Waals surface area (Å²) in [7, 11) is 1.34. The Hall–Kier alpha value is -2.00. The van der Waals surface area contributed by atoms with Gasteiger partial charge in [-0.1, -0.05) is 49.7 Å². The first-order valence-electron chi connectivity index (χ1n) is 7.11. The normalized spacial score (nSPS) is 12.0. The van der Waals surface area contributed by atoms with Crippen LogP contribution in [0.1, 0.15) is 37.0 Å². The van der Waals surface area contributed by atoms with E-state index in [0.29, 0.717) is 22.3 Å². The number of rotatable bonds is 5. The summed E-state index contributed by atoms with van der Waals surface area (Å²) in [6.45, 7) is 4.25. The van der Waals surface area contributed by atoms with Gasteiger partial charge < -0.3 is 9.47 Å². The molecule has 22 heavy (non-hydrogen) atoms. The van der Waals surface area contributed by atoms with E-state index in [9.17, 15) is 4.79 Å². The Kier molecular flexibility index (Phi) is 5.45. The van der Waals surface area contributed by atoms with Gasteiger partial charge in [0, 0.05) is 10.6 Å². The molecule has 4 heteroatoms. The Balaban J connectivity index is 2.23. The van der Waals surface area contributed by atoms with Crippen LogP contribution < -0.4 is 4.74 Å². The van der Waals surface area contributed by atoms with Crippen molar-refractivity contribution in [2.75, 3.05) is 7.11 Å². The molecule has 0 aromatic heterocycles. The topological polar surface area (TPSA) is 35.5 Å². The average Bonchev–Trinajstić information content (AvgIpc) is 2.53. The van der Waals surface area contributed by atoms with Crippen molar-refractivity contribution in [2.45, 2.75) is 25.9 Å². The monoisotopic (exact) mass is 318 g/mol. The van der Waals surface area contributed by atoms with Gasteiger partial charge in [-0.3, -0.25) is 0 Å². The van der Waals surface area contributed by atoms with Crippen LogP contribution in [-0.2, 0) is 9.53 Å². The molecule has 0 saturated heterocycles. The van der Waals surface area contributed by atoms with E-state index in [1.165, 1.54) is 12.7 Å². The molecule has 2 rings (SSSR count). The van der Waals surface area contributed by atoms with Crippen molar-refractivity contribution >= 4 is 17.6 Å². The van der Waals surface area contributed by atoms with Gasteiger partial charge >= 0.3 is 5.97 Å². The Morgan fingerprint density at radius 2 is 1.50 bits per heavy atom. The molecule has 3 nitrogen and oxygen atoms in total. The Morgan fingerprint density at radius 3 is 2.00 bits per heavy atom. The number of benzene rings is 2. The van der Waals surface area contributed by atoms with Crippen molar-refractivity contribution in [2.24, 2.45) is 0 Å². The summed E-state index contributed by atoms with van der Waals surface area (Å²) in [5.41, 5.74) is 1.91. The maximum Gasteiger partial charge on any atom is 0.351 e. The summed E-state index contributed by atoms with van der Waals surface area (Å²) in [6, 6.07) is 14.7. The molecule has 0 amide bonds. The Morgan fingerprint density at radius 1 is 0.955 bits per heavy atom. The van der Waals surface area contributed by atoms with E-state index in [1.54, 1.807) is 24.3 Å². The number of carbonyl (C=O) groups is 1. The standard InChI is InChI=1S/C18H19ClO3/c1-12(2)13-6-10-16(11-7-13)22-17(18(20)21-3)14-4-8-15(19)9-5-14/h4-12,17H,1-3H3/t17-/m0/s1. The third-order valence-electron chi connectivity index (χ3n) is 3.39. The molecule has 0 aliphatic carbocycles. The molecular formula is C18H19ClO3. The van der Waals surface area contributed by atoms with Gasteiger partial charge in [0.2, 0.25) is 6.10 Å². The van der Waals surface area contributed by atoms with Gasteiger partial charge in [0.25, 0.3) is 0 Å². The van der Waals surface area contributed by atoms with Crippen LogP contribution in [0.2, 0.25) is 5.02 Å². The van der Waals surface area contributed by atoms with Gasteiger partial charge in [-0.2, -0.15) is 0 Å². The third kappa shape index (κ3) is 4.01. The zero-order valence-corrected chi connectivity index (χ0v) is 13.6. The summed E-state index contributed by atoms with van der Waals surface area (Å²) in [6.07, 6.45) is -0.813. The quantitative estimate of drug-likeness (QED) is 0.746. The summed E-state index contributed by atoms with van der Waals surface area (Å²) in [4.78, 5) is 12.0. The van der Waals surface area contributed by atoms with Crippen LogP contribution in [0.5, 0.6) is 5.75 Å². The lowest BCUT2D eigenvalue weighted by Gasteiger charge is -2.18. The maximum absolute atomic E-state index is 12.0. The molecule has 0 bridgehead atoms. The fourth-order valence-corrected chi connectivity index (χ4v) is 2.19. The molecule has 2 aromatic carbocycles. The molecule has 0 radical (unpaired) electrons. The highest BCUT2D eigenvalue weighted by Crippen LogP contribution is 2.26. The molecule has 0 spiro atoms. The molecule has 0 fully saturated rings. The Bertz CT molecular complexity index is 618. The molecular weight excluding hydrogens is 300 g/mol. The summed E-state index contributed by atoms with van der Waals surface area (Å²) < 4.78 is 10.6. The van der Waals surface area contributed by atoms with Crippen LogP contribution in [0, 0.1) is 0 Å². The fourth-order valence-electron chi connectivity index (χ4n) is 2.06. The molecule has 0 aliphatic rings. The van der Waals surface area contributed by atoms with E-state index in [4.69, 9.17) is 21.1 Å². The fraction of sp³-hybridized carbons (Fsp3) is 0.278. The zero-order valence-electron chi connectivity index (χ0n) is 12.9. The van der Waals surface area contributed by atoms with Gasteiger partial charge in [0.1, 0.15) is 5.75 Å². The van der Waals surface area contributed by atoms with Crippen LogP contribution in [-0.4, -0.2) is 13.1 Å². The van der Waals surface area contributed by atoms with Crippen molar-refractivity contribution in [3.05, 3.63) is 64.7 Å². The van der Waals surface area contributed by atoms with Crippen LogP contribution in [0.25, 0.3) is 0 Å². The lowest BCUT2D eigenvalue weighted by molar-refractivity contribution is -0.149.